The highest BCUT2D eigenvalue weighted by atomic mass is 16.5. The van der Waals surface area contributed by atoms with Crippen molar-refractivity contribution in [2.45, 2.75) is 32.8 Å². The van der Waals surface area contributed by atoms with Crippen LogP contribution in [0.4, 0.5) is 0 Å². The lowest BCUT2D eigenvalue weighted by Crippen LogP contribution is -2.10. The smallest absolute Gasteiger partial charge is 0.331 e. The summed E-state index contributed by atoms with van der Waals surface area (Å²) in [5.41, 5.74) is 3.38. The molecule has 0 aliphatic heterocycles. The second-order valence-corrected chi connectivity index (χ2v) is 6.30. The molecule has 0 heterocycles. The lowest BCUT2D eigenvalue weighted by molar-refractivity contribution is -0.138. The monoisotopic (exact) mass is 294 g/mol. The van der Waals surface area contributed by atoms with Crippen molar-refractivity contribution in [1.29, 1.82) is 0 Å². The van der Waals surface area contributed by atoms with Gasteiger partial charge in [0.1, 0.15) is 6.61 Å². The largest absolute Gasteiger partial charge is 0.458 e. The average molecular weight is 294 g/mol. The zero-order valence-electron chi connectivity index (χ0n) is 13.4. The van der Waals surface area contributed by atoms with E-state index in [1.165, 1.54) is 11.6 Å². The van der Waals surface area contributed by atoms with Crippen LogP contribution in [0.3, 0.4) is 0 Å². The van der Waals surface area contributed by atoms with Gasteiger partial charge < -0.3 is 4.74 Å². The maximum atomic E-state index is 11.7. The van der Waals surface area contributed by atoms with Gasteiger partial charge in [0.15, 0.2) is 0 Å². The molecule has 0 saturated heterocycles. The van der Waals surface area contributed by atoms with E-state index in [1.807, 2.05) is 42.5 Å². The first-order valence-corrected chi connectivity index (χ1v) is 7.44. The predicted molar refractivity (Wildman–Crippen MR) is 90.4 cm³/mol. The third-order valence-corrected chi connectivity index (χ3v) is 3.41. The van der Waals surface area contributed by atoms with Crippen molar-refractivity contribution >= 4 is 12.0 Å². The van der Waals surface area contributed by atoms with Gasteiger partial charge >= 0.3 is 5.97 Å². The third-order valence-electron chi connectivity index (χ3n) is 3.41. The van der Waals surface area contributed by atoms with Crippen molar-refractivity contribution in [3.63, 3.8) is 0 Å². The van der Waals surface area contributed by atoms with Crippen molar-refractivity contribution in [1.82, 2.24) is 0 Å². The van der Waals surface area contributed by atoms with Gasteiger partial charge in [-0.15, -0.1) is 0 Å². The molecule has 2 nitrogen and oxygen atoms in total. The van der Waals surface area contributed by atoms with E-state index in [-0.39, 0.29) is 11.4 Å². The van der Waals surface area contributed by atoms with Crippen LogP contribution in [-0.2, 0) is 21.6 Å². The van der Waals surface area contributed by atoms with Crippen LogP contribution >= 0.6 is 0 Å². The summed E-state index contributed by atoms with van der Waals surface area (Å²) < 4.78 is 5.25. The fourth-order valence-corrected chi connectivity index (χ4v) is 2.03. The van der Waals surface area contributed by atoms with E-state index in [0.717, 1.165) is 11.1 Å². The molecule has 0 bridgehead atoms. The second-order valence-electron chi connectivity index (χ2n) is 6.30. The van der Waals surface area contributed by atoms with Crippen molar-refractivity contribution in [3.8, 4) is 0 Å². The van der Waals surface area contributed by atoms with Crippen molar-refractivity contribution in [2.75, 3.05) is 0 Å². The molecule has 0 aliphatic rings. The Labute approximate surface area is 132 Å². The normalized spacial score (nSPS) is 11.6. The molecule has 0 atom stereocenters. The molecule has 2 aromatic carbocycles. The first-order valence-electron chi connectivity index (χ1n) is 7.44. The Morgan fingerprint density at radius 1 is 1.00 bits per heavy atom. The van der Waals surface area contributed by atoms with Gasteiger partial charge in [0, 0.05) is 6.08 Å². The number of esters is 1. The van der Waals surface area contributed by atoms with Gasteiger partial charge in [0.2, 0.25) is 0 Å². The van der Waals surface area contributed by atoms with Crippen LogP contribution in [0.15, 0.2) is 60.7 Å². The van der Waals surface area contributed by atoms with E-state index in [0.29, 0.717) is 6.61 Å². The van der Waals surface area contributed by atoms with E-state index >= 15 is 0 Å². The standard InChI is InChI=1S/C20H22O2/c1-20(2,3)18-12-9-17(10-13-18)15-22-19(21)14-11-16-7-5-4-6-8-16/h4-14H,15H2,1-3H3. The van der Waals surface area contributed by atoms with Crippen LogP contribution in [0.2, 0.25) is 0 Å². The first-order chi connectivity index (χ1) is 10.4. The van der Waals surface area contributed by atoms with E-state index in [9.17, 15) is 4.79 Å². The van der Waals surface area contributed by atoms with Gasteiger partial charge in [-0.25, -0.2) is 4.79 Å². The van der Waals surface area contributed by atoms with Gasteiger partial charge in [-0.3, -0.25) is 0 Å². The Kier molecular flexibility index (Phi) is 5.16. The summed E-state index contributed by atoms with van der Waals surface area (Å²) >= 11 is 0. The number of benzene rings is 2. The molecule has 0 aromatic heterocycles. The molecule has 0 unspecified atom stereocenters. The lowest BCUT2D eigenvalue weighted by atomic mass is 9.87. The maximum Gasteiger partial charge on any atom is 0.331 e. The Bertz CT molecular complexity index is 632. The molecule has 2 aromatic rings. The molecule has 0 saturated carbocycles. The summed E-state index contributed by atoms with van der Waals surface area (Å²) in [6, 6.07) is 17.9. The van der Waals surface area contributed by atoms with E-state index in [4.69, 9.17) is 4.74 Å². The third kappa shape index (κ3) is 4.88. The summed E-state index contributed by atoms with van der Waals surface area (Å²) in [6.45, 7) is 6.83. The number of carbonyl (C=O) groups is 1. The zero-order valence-corrected chi connectivity index (χ0v) is 13.4. The number of carbonyl (C=O) groups excluding carboxylic acids is 1. The summed E-state index contributed by atoms with van der Waals surface area (Å²) in [6.07, 6.45) is 3.21. The minimum Gasteiger partial charge on any atom is -0.458 e. The average Bonchev–Trinajstić information content (AvgIpc) is 2.51. The van der Waals surface area contributed by atoms with Crippen molar-refractivity contribution in [2.24, 2.45) is 0 Å². The maximum absolute atomic E-state index is 11.7. The summed E-state index contributed by atoms with van der Waals surface area (Å²) in [5, 5.41) is 0. The van der Waals surface area contributed by atoms with Crippen LogP contribution < -0.4 is 0 Å². The highest BCUT2D eigenvalue weighted by Gasteiger charge is 2.12. The van der Waals surface area contributed by atoms with Crippen LogP contribution in [0.1, 0.15) is 37.5 Å². The van der Waals surface area contributed by atoms with Crippen LogP contribution in [0.5, 0.6) is 0 Å². The quantitative estimate of drug-likeness (QED) is 0.601. The van der Waals surface area contributed by atoms with Gasteiger partial charge in [0.05, 0.1) is 0 Å². The Morgan fingerprint density at radius 2 is 1.64 bits per heavy atom. The Hall–Kier alpha value is -2.35. The van der Waals surface area contributed by atoms with Crippen molar-refractivity contribution in [3.05, 3.63) is 77.4 Å². The molecule has 0 radical (unpaired) electrons. The molecule has 0 N–H and O–H groups in total. The first kappa shape index (κ1) is 16.0. The van der Waals surface area contributed by atoms with Gasteiger partial charge in [-0.1, -0.05) is 75.4 Å². The van der Waals surface area contributed by atoms with Crippen LogP contribution in [0.25, 0.3) is 6.08 Å². The molecule has 2 heteroatoms. The van der Waals surface area contributed by atoms with Gasteiger partial charge in [-0.2, -0.15) is 0 Å². The lowest BCUT2D eigenvalue weighted by Gasteiger charge is -2.19. The zero-order chi connectivity index (χ0) is 16.0. The van der Waals surface area contributed by atoms with E-state index in [2.05, 4.69) is 32.9 Å². The summed E-state index contributed by atoms with van der Waals surface area (Å²) in [4.78, 5) is 11.7. The van der Waals surface area contributed by atoms with Crippen LogP contribution in [0, 0.1) is 0 Å². The fourth-order valence-electron chi connectivity index (χ4n) is 2.03. The fraction of sp³-hybridized carbons (Fsp3) is 0.250. The topological polar surface area (TPSA) is 26.3 Å². The van der Waals surface area contributed by atoms with E-state index < -0.39 is 0 Å². The second kappa shape index (κ2) is 7.08. The minimum atomic E-state index is -0.330. The van der Waals surface area contributed by atoms with Gasteiger partial charge in [-0.05, 0) is 28.2 Å². The molecule has 22 heavy (non-hydrogen) atoms. The van der Waals surface area contributed by atoms with Crippen LogP contribution in [-0.4, -0.2) is 5.97 Å². The van der Waals surface area contributed by atoms with Crippen molar-refractivity contribution < 1.29 is 9.53 Å². The highest BCUT2D eigenvalue weighted by molar-refractivity contribution is 5.87. The molecular weight excluding hydrogens is 272 g/mol. The van der Waals surface area contributed by atoms with E-state index in [1.54, 1.807) is 6.08 Å². The minimum absolute atomic E-state index is 0.133. The predicted octanol–water partition coefficient (Wildman–Crippen LogP) is 4.74. The molecule has 2 rings (SSSR count). The molecule has 114 valence electrons. The Balaban J connectivity index is 1.87. The molecule has 0 fully saturated rings. The molecule has 0 aliphatic carbocycles. The number of rotatable bonds is 4. The molecule has 0 amide bonds. The number of hydrogen-bond acceptors (Lipinski definition) is 2. The SMILES string of the molecule is CC(C)(C)c1ccc(COC(=O)C=Cc2ccccc2)cc1. The van der Waals surface area contributed by atoms with Gasteiger partial charge in [0.25, 0.3) is 0 Å². The highest BCUT2D eigenvalue weighted by Crippen LogP contribution is 2.22. The summed E-state index contributed by atoms with van der Waals surface area (Å²) in [5.74, 6) is -0.330. The number of hydrogen-bond donors (Lipinski definition) is 0. The molecule has 0 spiro atoms. The Morgan fingerprint density at radius 3 is 2.23 bits per heavy atom. The number of ether oxygens (including phenoxy) is 1. The molecular formula is C20H22O2. The summed E-state index contributed by atoms with van der Waals surface area (Å²) in [7, 11) is 0.